The van der Waals surface area contributed by atoms with E-state index in [2.05, 4.69) is 199 Å². The molecule has 1 aromatic heterocycles. The zero-order valence-corrected chi connectivity index (χ0v) is 30.3. The second-order valence-corrected chi connectivity index (χ2v) is 14.6. The van der Waals surface area contributed by atoms with Gasteiger partial charge in [0.05, 0.1) is 16.7 Å². The Hall–Kier alpha value is -7.03. The maximum atomic E-state index is 5.21. The fourth-order valence-electron chi connectivity index (χ4n) is 8.84. The maximum Gasteiger partial charge on any atom is 0.145 e. The minimum atomic E-state index is 0.937. The van der Waals surface area contributed by atoms with Crippen molar-refractivity contribution in [3.05, 3.63) is 192 Å². The summed E-state index contributed by atoms with van der Waals surface area (Å²) in [4.78, 5) is 5.21. The van der Waals surface area contributed by atoms with Gasteiger partial charge in [-0.2, -0.15) is 0 Å². The van der Waals surface area contributed by atoms with Crippen molar-refractivity contribution in [2.24, 2.45) is 0 Å². The molecule has 11 rings (SSSR count). The molecule has 0 saturated carbocycles. The van der Waals surface area contributed by atoms with Crippen LogP contribution in [0.1, 0.15) is 12.8 Å². The second kappa shape index (κ2) is 12.8. The van der Waals surface area contributed by atoms with Gasteiger partial charge >= 0.3 is 0 Å². The number of rotatable bonds is 5. The summed E-state index contributed by atoms with van der Waals surface area (Å²) in [5.41, 5.74) is 11.8. The van der Waals surface area contributed by atoms with E-state index in [-0.39, 0.29) is 0 Å². The van der Waals surface area contributed by atoms with Crippen LogP contribution in [-0.4, -0.2) is 9.55 Å². The summed E-state index contributed by atoms with van der Waals surface area (Å²) in [7, 11) is 0. The number of fused-ring (bicyclic) bond motifs is 5. The average Bonchev–Trinajstić information content (AvgIpc) is 3.65. The molecule has 0 fully saturated rings. The highest BCUT2D eigenvalue weighted by molar-refractivity contribution is 6.08. The van der Waals surface area contributed by atoms with Crippen LogP contribution in [0.25, 0.3) is 106 Å². The van der Waals surface area contributed by atoms with Gasteiger partial charge in [0.1, 0.15) is 5.82 Å². The largest absolute Gasteiger partial charge is 0.292 e. The van der Waals surface area contributed by atoms with Crippen LogP contribution in [0.4, 0.5) is 0 Å². The molecular formula is C53H36N2. The van der Waals surface area contributed by atoms with Gasteiger partial charge in [-0.3, -0.25) is 4.57 Å². The van der Waals surface area contributed by atoms with E-state index >= 15 is 0 Å². The van der Waals surface area contributed by atoms with Crippen molar-refractivity contribution < 1.29 is 0 Å². The van der Waals surface area contributed by atoms with E-state index < -0.39 is 0 Å². The van der Waals surface area contributed by atoms with Gasteiger partial charge in [-0.05, 0) is 114 Å². The Labute approximate surface area is 319 Å². The first kappa shape index (κ1) is 31.5. The third-order valence-electron chi connectivity index (χ3n) is 11.4. The lowest BCUT2D eigenvalue weighted by molar-refractivity contribution is 1.11. The lowest BCUT2D eigenvalue weighted by atomic mass is 9.85. The smallest absolute Gasteiger partial charge is 0.145 e. The SMILES string of the molecule is C1=c2c(-c3ccccc3)c3ccc(-c4ccc(-c5nc6ccccc6n5-c5cccc6ccccc56)cc4)cc3c(-c3ccc4ccccc4c3)c2=CCC1. The van der Waals surface area contributed by atoms with E-state index in [0.717, 1.165) is 41.0 Å². The number of hydrogen-bond acceptors (Lipinski definition) is 1. The van der Waals surface area contributed by atoms with Gasteiger partial charge in [0, 0.05) is 10.9 Å². The number of para-hydroxylation sites is 2. The molecule has 0 N–H and O–H groups in total. The van der Waals surface area contributed by atoms with Crippen LogP contribution in [0, 0.1) is 0 Å². The fourth-order valence-corrected chi connectivity index (χ4v) is 8.84. The zero-order valence-electron chi connectivity index (χ0n) is 30.3. The first-order chi connectivity index (χ1) is 27.3. The Morgan fingerprint density at radius 1 is 0.382 bits per heavy atom. The Morgan fingerprint density at radius 3 is 1.85 bits per heavy atom. The van der Waals surface area contributed by atoms with Crippen LogP contribution < -0.4 is 10.4 Å². The quantitative estimate of drug-likeness (QED) is 0.175. The Bertz CT molecular complexity index is 3240. The van der Waals surface area contributed by atoms with Gasteiger partial charge in [-0.1, -0.05) is 164 Å². The maximum absolute atomic E-state index is 5.21. The molecule has 0 atom stereocenters. The third-order valence-corrected chi connectivity index (χ3v) is 11.4. The number of imidazole rings is 1. The molecule has 0 aliphatic heterocycles. The summed E-state index contributed by atoms with van der Waals surface area (Å²) >= 11 is 0. The summed E-state index contributed by atoms with van der Waals surface area (Å²) in [6.07, 6.45) is 7.02. The molecule has 0 radical (unpaired) electrons. The molecule has 0 saturated heterocycles. The molecule has 10 aromatic rings. The van der Waals surface area contributed by atoms with Crippen molar-refractivity contribution in [1.82, 2.24) is 9.55 Å². The number of nitrogens with zero attached hydrogens (tertiary/aromatic N) is 2. The number of benzene rings is 9. The highest BCUT2D eigenvalue weighted by Gasteiger charge is 2.19. The highest BCUT2D eigenvalue weighted by atomic mass is 15.1. The first-order valence-corrected chi connectivity index (χ1v) is 19.2. The van der Waals surface area contributed by atoms with Gasteiger partial charge < -0.3 is 0 Å². The van der Waals surface area contributed by atoms with Gasteiger partial charge in [0.15, 0.2) is 0 Å². The van der Waals surface area contributed by atoms with Crippen LogP contribution in [0.3, 0.4) is 0 Å². The van der Waals surface area contributed by atoms with E-state index in [4.69, 9.17) is 4.98 Å². The lowest BCUT2D eigenvalue weighted by Gasteiger charge is -2.19. The topological polar surface area (TPSA) is 17.8 Å². The van der Waals surface area contributed by atoms with Gasteiger partial charge in [-0.25, -0.2) is 4.98 Å². The molecule has 2 heteroatoms. The molecule has 1 aliphatic rings. The monoisotopic (exact) mass is 700 g/mol. The Kier molecular flexibility index (Phi) is 7.34. The standard InChI is InChI=1S/C53H36N2/c1-2-15-38(16-3-1)51-44-20-8-9-21-45(44)52(42-30-27-35-13-4-5-17-40(35)33-42)47-34-41(31-32-46(47)51)36-25-28-39(29-26-36)53-54-48-22-10-11-23-50(48)55(53)49-24-12-18-37-14-6-7-19-43(37)49/h1-7,10-34H,8-9H2. The third kappa shape index (κ3) is 5.21. The van der Waals surface area contributed by atoms with Crippen molar-refractivity contribution in [3.8, 4) is 50.5 Å². The molecule has 0 spiro atoms. The predicted octanol–water partition coefficient (Wildman–Crippen LogP) is 12.5. The molecule has 2 nitrogen and oxygen atoms in total. The first-order valence-electron chi connectivity index (χ1n) is 19.2. The summed E-state index contributed by atoms with van der Waals surface area (Å²) < 4.78 is 2.32. The molecular weight excluding hydrogens is 665 g/mol. The van der Waals surface area contributed by atoms with Crippen molar-refractivity contribution in [2.45, 2.75) is 12.8 Å². The van der Waals surface area contributed by atoms with E-state index in [1.54, 1.807) is 0 Å². The summed E-state index contributed by atoms with van der Waals surface area (Å²) in [6.45, 7) is 0. The molecule has 1 aliphatic carbocycles. The molecule has 0 unspecified atom stereocenters. The van der Waals surface area contributed by atoms with Gasteiger partial charge in [-0.15, -0.1) is 0 Å². The van der Waals surface area contributed by atoms with E-state index in [1.807, 2.05) is 0 Å². The fraction of sp³-hybridized carbons (Fsp3) is 0.0377. The van der Waals surface area contributed by atoms with Crippen molar-refractivity contribution in [3.63, 3.8) is 0 Å². The normalized spacial score (nSPS) is 12.5. The molecule has 1 heterocycles. The van der Waals surface area contributed by atoms with Gasteiger partial charge in [0.2, 0.25) is 0 Å². The zero-order chi connectivity index (χ0) is 36.3. The van der Waals surface area contributed by atoms with Crippen molar-refractivity contribution in [2.75, 3.05) is 0 Å². The molecule has 0 amide bonds. The minimum Gasteiger partial charge on any atom is -0.292 e. The lowest BCUT2D eigenvalue weighted by Crippen LogP contribution is -2.31. The Morgan fingerprint density at radius 2 is 1.02 bits per heavy atom. The van der Waals surface area contributed by atoms with Crippen LogP contribution in [0.15, 0.2) is 182 Å². The average molecular weight is 701 g/mol. The van der Waals surface area contributed by atoms with Crippen LogP contribution >= 0.6 is 0 Å². The van der Waals surface area contributed by atoms with E-state index in [0.29, 0.717) is 0 Å². The second-order valence-electron chi connectivity index (χ2n) is 14.6. The Balaban J connectivity index is 1.11. The highest BCUT2D eigenvalue weighted by Crippen LogP contribution is 2.37. The number of hydrogen-bond donors (Lipinski definition) is 0. The van der Waals surface area contributed by atoms with Crippen molar-refractivity contribution in [1.29, 1.82) is 0 Å². The molecule has 258 valence electrons. The summed E-state index contributed by atoms with van der Waals surface area (Å²) in [5.74, 6) is 0.937. The van der Waals surface area contributed by atoms with Crippen molar-refractivity contribution >= 4 is 55.5 Å². The van der Waals surface area contributed by atoms with Crippen LogP contribution in [-0.2, 0) is 0 Å². The minimum absolute atomic E-state index is 0.937. The molecule has 55 heavy (non-hydrogen) atoms. The predicted molar refractivity (Wildman–Crippen MR) is 233 cm³/mol. The number of aromatic nitrogens is 2. The summed E-state index contributed by atoms with van der Waals surface area (Å²) in [6, 6.07) is 66.2. The van der Waals surface area contributed by atoms with Crippen LogP contribution in [0.2, 0.25) is 0 Å². The van der Waals surface area contributed by atoms with Crippen LogP contribution in [0.5, 0.6) is 0 Å². The van der Waals surface area contributed by atoms with Gasteiger partial charge in [0.25, 0.3) is 0 Å². The summed E-state index contributed by atoms with van der Waals surface area (Å²) in [5, 5.41) is 10.2. The van der Waals surface area contributed by atoms with E-state index in [9.17, 15) is 0 Å². The van der Waals surface area contributed by atoms with E-state index in [1.165, 1.54) is 76.1 Å². The molecule has 0 bridgehead atoms. The molecule has 9 aromatic carbocycles.